The van der Waals surface area contributed by atoms with E-state index in [0.29, 0.717) is 12.4 Å². The number of carbonyl (C=O) groups is 2. The van der Waals surface area contributed by atoms with Gasteiger partial charge >= 0.3 is 18.1 Å². The van der Waals surface area contributed by atoms with E-state index in [4.69, 9.17) is 15.7 Å². The van der Waals surface area contributed by atoms with Crippen molar-refractivity contribution in [1.29, 1.82) is 5.26 Å². The normalized spacial score (nSPS) is 16.6. The fourth-order valence-corrected chi connectivity index (χ4v) is 4.54. The molecule has 41 heavy (non-hydrogen) atoms. The van der Waals surface area contributed by atoms with Crippen LogP contribution in [0.3, 0.4) is 0 Å². The number of carbonyl (C=O) groups excluding carboxylic acids is 1. The average molecular weight is 579 g/mol. The molecular formula is C28H39F3N7O3+. The second kappa shape index (κ2) is 13.0. The summed E-state index contributed by atoms with van der Waals surface area (Å²) in [5, 5.41) is 16.4. The Hall–Kier alpha value is -3.44. The number of nitrogens with two attached hydrogens (primary N) is 1. The van der Waals surface area contributed by atoms with Crippen LogP contribution in [0.5, 0.6) is 0 Å². The smallest absolute Gasteiger partial charge is 0.475 e. The number of halogens is 3. The molecule has 1 fully saturated rings. The number of hydrogen-bond acceptors (Lipinski definition) is 8. The topological polar surface area (TPSA) is 136 Å². The molecule has 3 rings (SSSR count). The summed E-state index contributed by atoms with van der Waals surface area (Å²) < 4.78 is 31.2. The molecule has 0 spiro atoms. The number of aliphatic carboxylic acids is 1. The van der Waals surface area contributed by atoms with Crippen LogP contribution < -0.4 is 10.4 Å². The fourth-order valence-electron chi connectivity index (χ4n) is 4.54. The highest BCUT2D eigenvalue weighted by molar-refractivity contribution is 5.95. The molecule has 0 bridgehead atoms. The first-order chi connectivity index (χ1) is 18.8. The minimum absolute atomic E-state index is 0.00164. The lowest BCUT2D eigenvalue weighted by atomic mass is 9.81. The fraction of sp³-hybridized carbons (Fsp3) is 0.536. The molecule has 1 aliphatic heterocycles. The van der Waals surface area contributed by atoms with E-state index in [9.17, 15) is 23.2 Å². The molecule has 0 radical (unpaired) electrons. The lowest BCUT2D eigenvalue weighted by Gasteiger charge is -2.38. The van der Waals surface area contributed by atoms with Crippen LogP contribution in [-0.4, -0.2) is 82.7 Å². The number of amides is 1. The first kappa shape index (κ1) is 33.8. The Labute approximate surface area is 238 Å². The van der Waals surface area contributed by atoms with Crippen LogP contribution in [0.15, 0.2) is 36.5 Å². The number of nitriles is 1. The van der Waals surface area contributed by atoms with Crippen molar-refractivity contribution in [1.82, 2.24) is 24.4 Å². The Morgan fingerprint density at radius 1 is 1.05 bits per heavy atom. The van der Waals surface area contributed by atoms with E-state index >= 15 is 0 Å². The van der Waals surface area contributed by atoms with Crippen molar-refractivity contribution in [3.8, 4) is 6.07 Å². The van der Waals surface area contributed by atoms with Crippen LogP contribution in [0.1, 0.15) is 51.6 Å². The molecule has 10 nitrogen and oxygen atoms in total. The average Bonchev–Trinajstić information content (AvgIpc) is 2.88. The van der Waals surface area contributed by atoms with Gasteiger partial charge in [0.2, 0.25) is 5.82 Å². The van der Waals surface area contributed by atoms with Crippen molar-refractivity contribution in [3.63, 3.8) is 0 Å². The van der Waals surface area contributed by atoms with Gasteiger partial charge in [-0.25, -0.2) is 14.6 Å². The third-order valence-electron chi connectivity index (χ3n) is 6.69. The number of aromatic nitrogens is 2. The van der Waals surface area contributed by atoms with Gasteiger partial charge in [-0.2, -0.15) is 29.3 Å². The number of quaternary nitrogens is 1. The zero-order chi connectivity index (χ0) is 31.2. The second-order valence-corrected chi connectivity index (χ2v) is 11.9. The van der Waals surface area contributed by atoms with Gasteiger partial charge < -0.3 is 10.0 Å². The van der Waals surface area contributed by atoms with Crippen molar-refractivity contribution in [3.05, 3.63) is 53.5 Å². The third-order valence-corrected chi connectivity index (χ3v) is 6.69. The number of rotatable bonds is 6. The minimum atomic E-state index is -5.08. The van der Waals surface area contributed by atoms with Gasteiger partial charge in [0.25, 0.3) is 5.82 Å². The third kappa shape index (κ3) is 9.29. The maximum atomic E-state index is 14.1. The molecule has 13 heteroatoms. The Bertz CT molecular complexity index is 1250. The van der Waals surface area contributed by atoms with E-state index in [-0.39, 0.29) is 17.1 Å². The molecule has 2 heterocycles. The Morgan fingerprint density at radius 3 is 2.05 bits per heavy atom. The van der Waals surface area contributed by atoms with Gasteiger partial charge in [-0.3, -0.25) is 4.90 Å². The van der Waals surface area contributed by atoms with Crippen LogP contribution in [0.4, 0.5) is 19.0 Å². The molecule has 1 unspecified atom stereocenters. The minimum Gasteiger partial charge on any atom is -0.475 e. The summed E-state index contributed by atoms with van der Waals surface area (Å²) in [6.45, 7) is 15.4. The largest absolute Gasteiger partial charge is 0.490 e. The number of nitrogens with zero attached hydrogens (tertiary/aromatic N) is 6. The second-order valence-electron chi connectivity index (χ2n) is 11.9. The van der Waals surface area contributed by atoms with Crippen molar-refractivity contribution in [2.45, 2.75) is 52.8 Å². The van der Waals surface area contributed by atoms with E-state index < -0.39 is 22.2 Å². The van der Waals surface area contributed by atoms with Crippen LogP contribution in [0.2, 0.25) is 0 Å². The Balaban J connectivity index is 0.000000745. The van der Waals surface area contributed by atoms with Gasteiger partial charge in [-0.15, -0.1) is 4.59 Å². The lowest BCUT2D eigenvalue weighted by Crippen LogP contribution is -2.68. The Morgan fingerprint density at radius 2 is 1.59 bits per heavy atom. The quantitative estimate of drug-likeness (QED) is 0.229. The molecule has 1 aliphatic rings. The van der Waals surface area contributed by atoms with E-state index in [1.807, 2.05) is 52.8 Å². The van der Waals surface area contributed by atoms with Gasteiger partial charge in [0.1, 0.15) is 18.0 Å². The van der Waals surface area contributed by atoms with Crippen molar-refractivity contribution >= 4 is 17.7 Å². The highest BCUT2D eigenvalue weighted by Gasteiger charge is 2.50. The number of carboxylic acids is 1. The summed E-state index contributed by atoms with van der Waals surface area (Å²) in [7, 11) is 2.16. The van der Waals surface area contributed by atoms with Crippen molar-refractivity contribution < 1.29 is 27.9 Å². The molecule has 224 valence electrons. The molecule has 0 aliphatic carbocycles. The zero-order valence-electron chi connectivity index (χ0n) is 24.4. The molecule has 1 amide bonds. The molecule has 1 saturated heterocycles. The van der Waals surface area contributed by atoms with E-state index in [1.54, 1.807) is 6.07 Å². The predicted molar refractivity (Wildman–Crippen MR) is 148 cm³/mol. The van der Waals surface area contributed by atoms with E-state index in [2.05, 4.69) is 38.9 Å². The van der Waals surface area contributed by atoms with Crippen LogP contribution in [0.25, 0.3) is 0 Å². The van der Waals surface area contributed by atoms with Crippen molar-refractivity contribution in [2.24, 2.45) is 11.3 Å². The van der Waals surface area contributed by atoms with E-state index in [1.165, 1.54) is 11.8 Å². The summed E-state index contributed by atoms with van der Waals surface area (Å²) in [6, 6.07) is 11.9. The van der Waals surface area contributed by atoms with Crippen molar-refractivity contribution in [2.75, 3.05) is 39.8 Å². The molecular weight excluding hydrogens is 539 g/mol. The number of likely N-dealkylation sites (N-methyl/N-ethyl adjacent to an activating group) is 1. The summed E-state index contributed by atoms with van der Waals surface area (Å²) in [6.07, 6.45) is -3.60. The summed E-state index contributed by atoms with van der Waals surface area (Å²) in [4.78, 5) is 36.0. The molecule has 1 aromatic carbocycles. The van der Waals surface area contributed by atoms with E-state index in [0.717, 1.165) is 38.3 Å². The predicted octanol–water partition coefficient (Wildman–Crippen LogP) is 3.46. The lowest BCUT2D eigenvalue weighted by molar-refractivity contribution is -0.192. The highest BCUT2D eigenvalue weighted by atomic mass is 19.4. The summed E-state index contributed by atoms with van der Waals surface area (Å²) >= 11 is 0. The molecule has 2 aromatic rings. The zero-order valence-corrected chi connectivity index (χ0v) is 24.4. The highest BCUT2D eigenvalue weighted by Crippen LogP contribution is 2.33. The number of carboxylic acid groups (broad SMARTS) is 1. The first-order valence-electron chi connectivity index (χ1n) is 13.1. The number of benzene rings is 1. The van der Waals surface area contributed by atoms with Gasteiger partial charge in [-0.1, -0.05) is 45.0 Å². The van der Waals surface area contributed by atoms with Gasteiger partial charge in [0, 0.05) is 50.4 Å². The summed E-state index contributed by atoms with van der Waals surface area (Å²) in [5.41, 5.74) is 1.000. The maximum Gasteiger partial charge on any atom is 0.490 e. The van der Waals surface area contributed by atoms with Crippen LogP contribution >= 0.6 is 0 Å². The monoisotopic (exact) mass is 578 g/mol. The first-order valence-corrected chi connectivity index (χ1v) is 13.1. The molecule has 3 N–H and O–H groups in total. The molecule has 0 saturated carbocycles. The number of alkyl halides is 3. The Kier molecular flexibility index (Phi) is 10.7. The molecule has 1 atom stereocenters. The van der Waals surface area contributed by atoms with Gasteiger partial charge in [-0.05, 0) is 32.0 Å². The number of piperazine rings is 1. The van der Waals surface area contributed by atoms with Crippen LogP contribution in [0, 0.1) is 16.7 Å². The maximum absolute atomic E-state index is 14.1. The van der Waals surface area contributed by atoms with Gasteiger partial charge in [0.15, 0.2) is 0 Å². The number of hydrogen-bond donors (Lipinski definition) is 2. The molecule has 1 aromatic heterocycles. The van der Waals surface area contributed by atoms with Crippen LogP contribution in [-0.2, 0) is 21.5 Å². The summed E-state index contributed by atoms with van der Waals surface area (Å²) in [5.74, 6) is 4.22. The standard InChI is InChI=1S/C26H38N7O.C2HF3O2/c1-25(2,3)19-33(28,23-11-12-29-22(17-27)30-23)24(34)26(4,5)21-9-7-20(8-10-21)18-32-15-13-31(6)14-16-32;3-2(4,5)1(6)7/h7-12H,13-16,18-19,28H2,1-6H3;(H,6,7)/q+1;. The SMILES string of the molecule is CN1CCN(Cc2ccc(C(C)(C)C(=O)[N+](N)(CC(C)(C)C)c3ccnc(C#N)n3)cc2)CC1.O=C(O)C(F)(F)F. The van der Waals surface area contributed by atoms with Gasteiger partial charge in [0.05, 0.1) is 0 Å².